The van der Waals surface area contributed by atoms with Crippen LogP contribution in [0.2, 0.25) is 5.02 Å². The number of halogens is 1. The second kappa shape index (κ2) is 7.69. The SMILES string of the molecule is CC1CCC(C(CSc2ccccc2Cl)NN)CC1C. The Morgan fingerprint density at radius 3 is 2.70 bits per heavy atom. The predicted molar refractivity (Wildman–Crippen MR) is 89.0 cm³/mol. The van der Waals surface area contributed by atoms with Gasteiger partial charge in [0.25, 0.3) is 0 Å². The number of nitrogens with one attached hydrogen (secondary N) is 1. The summed E-state index contributed by atoms with van der Waals surface area (Å²) in [5.74, 6) is 9.10. The summed E-state index contributed by atoms with van der Waals surface area (Å²) in [7, 11) is 0. The highest BCUT2D eigenvalue weighted by molar-refractivity contribution is 7.99. The van der Waals surface area contributed by atoms with E-state index in [2.05, 4.69) is 25.3 Å². The number of nitrogens with two attached hydrogens (primary N) is 1. The molecule has 0 heterocycles. The minimum atomic E-state index is 0.367. The molecule has 0 spiro atoms. The molecule has 4 atom stereocenters. The average molecular weight is 313 g/mol. The monoisotopic (exact) mass is 312 g/mol. The molecule has 1 aliphatic rings. The molecule has 1 aromatic rings. The van der Waals surface area contributed by atoms with E-state index in [4.69, 9.17) is 17.4 Å². The van der Waals surface area contributed by atoms with Crippen molar-refractivity contribution in [1.29, 1.82) is 0 Å². The third-order valence-electron chi connectivity index (χ3n) is 4.68. The first-order chi connectivity index (χ1) is 9.61. The second-order valence-electron chi connectivity index (χ2n) is 6.04. The lowest BCUT2D eigenvalue weighted by Crippen LogP contribution is -2.45. The molecular weight excluding hydrogens is 288 g/mol. The Bertz CT molecular complexity index is 427. The molecule has 112 valence electrons. The fourth-order valence-electron chi connectivity index (χ4n) is 3.02. The molecule has 0 amide bonds. The molecule has 1 aromatic carbocycles. The van der Waals surface area contributed by atoms with Crippen LogP contribution in [0.3, 0.4) is 0 Å². The highest BCUT2D eigenvalue weighted by Crippen LogP contribution is 2.36. The maximum Gasteiger partial charge on any atom is 0.0541 e. The summed E-state index contributed by atoms with van der Waals surface area (Å²) in [4.78, 5) is 1.15. The van der Waals surface area contributed by atoms with Gasteiger partial charge in [-0.05, 0) is 42.7 Å². The minimum Gasteiger partial charge on any atom is -0.271 e. The molecule has 0 bridgehead atoms. The molecule has 4 heteroatoms. The van der Waals surface area contributed by atoms with Crippen molar-refractivity contribution in [2.24, 2.45) is 23.6 Å². The zero-order valence-electron chi connectivity index (χ0n) is 12.3. The second-order valence-corrected chi connectivity index (χ2v) is 7.51. The van der Waals surface area contributed by atoms with Crippen molar-refractivity contribution in [3.8, 4) is 0 Å². The summed E-state index contributed by atoms with van der Waals surface area (Å²) >= 11 is 8.01. The number of rotatable bonds is 5. The van der Waals surface area contributed by atoms with Crippen LogP contribution >= 0.6 is 23.4 Å². The van der Waals surface area contributed by atoms with Crippen LogP contribution in [0.4, 0.5) is 0 Å². The van der Waals surface area contributed by atoms with Crippen LogP contribution in [-0.2, 0) is 0 Å². The van der Waals surface area contributed by atoms with E-state index in [9.17, 15) is 0 Å². The maximum atomic E-state index is 6.21. The van der Waals surface area contributed by atoms with Gasteiger partial charge in [-0.25, -0.2) is 0 Å². The van der Waals surface area contributed by atoms with Crippen molar-refractivity contribution in [1.82, 2.24) is 5.43 Å². The van der Waals surface area contributed by atoms with Crippen LogP contribution in [0.25, 0.3) is 0 Å². The van der Waals surface area contributed by atoms with Crippen molar-refractivity contribution in [3.05, 3.63) is 29.3 Å². The van der Waals surface area contributed by atoms with Crippen molar-refractivity contribution < 1.29 is 0 Å². The Labute approximate surface area is 131 Å². The van der Waals surface area contributed by atoms with Gasteiger partial charge in [-0.2, -0.15) is 0 Å². The summed E-state index contributed by atoms with van der Waals surface area (Å²) in [5.41, 5.74) is 3.03. The Kier molecular flexibility index (Phi) is 6.21. The summed E-state index contributed by atoms with van der Waals surface area (Å²) in [6.07, 6.45) is 3.88. The van der Waals surface area contributed by atoms with E-state index in [1.165, 1.54) is 19.3 Å². The zero-order chi connectivity index (χ0) is 14.5. The van der Waals surface area contributed by atoms with Gasteiger partial charge < -0.3 is 0 Å². The summed E-state index contributed by atoms with van der Waals surface area (Å²) in [6.45, 7) is 4.73. The molecule has 0 saturated heterocycles. The summed E-state index contributed by atoms with van der Waals surface area (Å²) < 4.78 is 0. The van der Waals surface area contributed by atoms with Crippen LogP contribution in [0, 0.1) is 17.8 Å². The minimum absolute atomic E-state index is 0.367. The highest BCUT2D eigenvalue weighted by Gasteiger charge is 2.29. The van der Waals surface area contributed by atoms with Crippen LogP contribution in [0.5, 0.6) is 0 Å². The van der Waals surface area contributed by atoms with Crippen LogP contribution < -0.4 is 11.3 Å². The van der Waals surface area contributed by atoms with Gasteiger partial charge in [-0.1, -0.05) is 44.0 Å². The van der Waals surface area contributed by atoms with Gasteiger partial charge >= 0.3 is 0 Å². The first-order valence-corrected chi connectivity index (χ1v) is 8.81. The van der Waals surface area contributed by atoms with Gasteiger partial charge in [-0.15, -0.1) is 11.8 Å². The predicted octanol–water partition coefficient (Wildman–Crippen LogP) is 4.34. The van der Waals surface area contributed by atoms with E-state index in [1.54, 1.807) is 11.8 Å². The van der Waals surface area contributed by atoms with Crippen LogP contribution in [-0.4, -0.2) is 11.8 Å². The number of hydrazine groups is 1. The average Bonchev–Trinajstić information content (AvgIpc) is 2.45. The third kappa shape index (κ3) is 4.14. The Morgan fingerprint density at radius 1 is 1.30 bits per heavy atom. The van der Waals surface area contributed by atoms with Crippen LogP contribution in [0.15, 0.2) is 29.2 Å². The smallest absolute Gasteiger partial charge is 0.0541 e. The zero-order valence-corrected chi connectivity index (χ0v) is 13.9. The molecule has 0 aromatic heterocycles. The summed E-state index contributed by atoms with van der Waals surface area (Å²) in [6, 6.07) is 8.38. The maximum absolute atomic E-state index is 6.21. The summed E-state index contributed by atoms with van der Waals surface area (Å²) in [5, 5.41) is 0.832. The lowest BCUT2D eigenvalue weighted by molar-refractivity contribution is 0.179. The fraction of sp³-hybridized carbons (Fsp3) is 0.625. The van der Waals surface area contributed by atoms with E-state index in [0.29, 0.717) is 12.0 Å². The molecule has 20 heavy (non-hydrogen) atoms. The van der Waals surface area contributed by atoms with E-state index < -0.39 is 0 Å². The first kappa shape index (κ1) is 16.2. The van der Waals surface area contributed by atoms with E-state index in [-0.39, 0.29) is 0 Å². The Morgan fingerprint density at radius 2 is 2.05 bits per heavy atom. The van der Waals surface area contributed by atoms with Crippen molar-refractivity contribution in [3.63, 3.8) is 0 Å². The van der Waals surface area contributed by atoms with Gasteiger partial charge in [0.1, 0.15) is 0 Å². The van der Waals surface area contributed by atoms with E-state index >= 15 is 0 Å². The standard InChI is InChI=1S/C16H25ClN2S/c1-11-7-8-13(9-12(11)2)15(19-18)10-20-16-6-4-3-5-14(16)17/h3-6,11-13,15,19H,7-10,18H2,1-2H3. The normalized spacial score (nSPS) is 28.3. The molecule has 1 aliphatic carbocycles. The van der Waals surface area contributed by atoms with Crippen LogP contribution in [0.1, 0.15) is 33.1 Å². The van der Waals surface area contributed by atoms with Crippen molar-refractivity contribution in [2.75, 3.05) is 5.75 Å². The molecule has 3 N–H and O–H groups in total. The first-order valence-electron chi connectivity index (χ1n) is 7.45. The number of thioether (sulfide) groups is 1. The molecule has 1 saturated carbocycles. The van der Waals surface area contributed by atoms with Gasteiger partial charge in [0.05, 0.1) is 5.02 Å². The van der Waals surface area contributed by atoms with Gasteiger partial charge in [0.15, 0.2) is 0 Å². The lowest BCUT2D eigenvalue weighted by Gasteiger charge is -2.36. The van der Waals surface area contributed by atoms with Gasteiger partial charge in [0, 0.05) is 16.7 Å². The lowest BCUT2D eigenvalue weighted by atomic mass is 9.73. The van der Waals surface area contributed by atoms with Gasteiger partial charge in [-0.3, -0.25) is 11.3 Å². The molecular formula is C16H25ClN2S. The topological polar surface area (TPSA) is 38.0 Å². The molecule has 0 radical (unpaired) electrons. The van der Waals surface area contributed by atoms with Crippen molar-refractivity contribution in [2.45, 2.75) is 44.0 Å². The Balaban J connectivity index is 1.91. The quantitative estimate of drug-likeness (QED) is 0.482. The van der Waals surface area contributed by atoms with Crippen molar-refractivity contribution >= 4 is 23.4 Å². The number of hydrogen-bond acceptors (Lipinski definition) is 3. The third-order valence-corrected chi connectivity index (χ3v) is 6.31. The van der Waals surface area contributed by atoms with E-state index in [0.717, 1.165) is 27.5 Å². The number of hydrogen-bond donors (Lipinski definition) is 2. The molecule has 4 unspecified atom stereocenters. The molecule has 0 aliphatic heterocycles. The molecule has 1 fully saturated rings. The van der Waals surface area contributed by atoms with E-state index in [1.807, 2.05) is 18.2 Å². The molecule has 2 rings (SSSR count). The highest BCUT2D eigenvalue weighted by atomic mass is 35.5. The largest absolute Gasteiger partial charge is 0.271 e. The Hall–Kier alpha value is -0.220. The number of benzene rings is 1. The molecule has 2 nitrogen and oxygen atoms in total. The van der Waals surface area contributed by atoms with Gasteiger partial charge in [0.2, 0.25) is 0 Å². The fourth-order valence-corrected chi connectivity index (χ4v) is 4.42.